The second kappa shape index (κ2) is 8.54. The summed E-state index contributed by atoms with van der Waals surface area (Å²) in [4.78, 5) is 19.3. The molecule has 36 heavy (non-hydrogen) atoms. The summed E-state index contributed by atoms with van der Waals surface area (Å²) in [5.74, 6) is -0.0523. The second-order valence-corrected chi connectivity index (χ2v) is 13.5. The molecule has 2 aliphatic rings. The minimum absolute atomic E-state index is 0.0523. The summed E-state index contributed by atoms with van der Waals surface area (Å²) in [6.07, 6.45) is 3.58. The maximum Gasteiger partial charge on any atom is 0.346 e. The lowest BCUT2D eigenvalue weighted by molar-refractivity contribution is -0.928. The van der Waals surface area contributed by atoms with Crippen molar-refractivity contribution >= 4 is 38.2 Å². The van der Waals surface area contributed by atoms with E-state index in [4.69, 9.17) is 9.40 Å². The first-order chi connectivity index (χ1) is 17.1. The molecule has 6 rings (SSSR count). The molecular weight excluding hydrogens is 536 g/mol. The summed E-state index contributed by atoms with van der Waals surface area (Å²) in [5, 5.41) is 16.3. The highest BCUT2D eigenvalue weighted by molar-refractivity contribution is 9.10. The number of hydrogen-bond acceptors (Lipinski definition) is 5. The van der Waals surface area contributed by atoms with Gasteiger partial charge in [-0.1, -0.05) is 66.7 Å². The molecule has 3 unspecified atom stereocenters. The fraction of sp³-hybridized carbons (Fsp3) is 0.379. The molecule has 1 aliphatic carbocycles. The third-order valence-corrected chi connectivity index (χ3v) is 9.32. The molecule has 1 saturated heterocycles. The van der Waals surface area contributed by atoms with Gasteiger partial charge in [-0.15, -0.1) is 11.3 Å². The molecule has 0 radical (unpaired) electrons. The van der Waals surface area contributed by atoms with Crippen LogP contribution in [0.2, 0.25) is 0 Å². The van der Waals surface area contributed by atoms with Gasteiger partial charge in [0.15, 0.2) is 0 Å². The summed E-state index contributed by atoms with van der Waals surface area (Å²) in [5.41, 5.74) is 3.46. The van der Waals surface area contributed by atoms with Crippen molar-refractivity contribution in [1.82, 2.24) is 4.98 Å². The van der Waals surface area contributed by atoms with E-state index in [2.05, 4.69) is 36.7 Å². The molecule has 0 amide bonds. The van der Waals surface area contributed by atoms with Crippen LogP contribution in [0.3, 0.4) is 0 Å². The van der Waals surface area contributed by atoms with Crippen LogP contribution < -0.4 is 15.6 Å². The average Bonchev–Trinajstić information content (AvgIpc) is 3.37. The van der Waals surface area contributed by atoms with Gasteiger partial charge in [0.1, 0.15) is 17.1 Å². The Hall–Kier alpha value is -2.48. The van der Waals surface area contributed by atoms with Crippen molar-refractivity contribution < 1.29 is 14.4 Å². The van der Waals surface area contributed by atoms with E-state index in [1.165, 1.54) is 29.1 Å². The summed E-state index contributed by atoms with van der Waals surface area (Å²) in [7, 11) is 0. The standard InChI is InChI=1S/C29H29BrN2O3S/c1-28(2)11-20-12-29(3,15-28)16-32(20)13-22-24(33)9-6-18-10-21(27(34)35-25(18)22)26-31-23(14-36-26)17-4-7-19(30)8-5-17/h4-10,14,20,33H,11-13,15-16H2,1-3H3. The summed E-state index contributed by atoms with van der Waals surface area (Å²) >= 11 is 4.88. The van der Waals surface area contributed by atoms with Crippen LogP contribution in [0.5, 0.6) is 5.75 Å². The number of aromatic nitrogens is 1. The molecule has 2 fully saturated rings. The molecule has 2 aromatic carbocycles. The van der Waals surface area contributed by atoms with Gasteiger partial charge in [0.25, 0.3) is 0 Å². The third-order valence-electron chi connectivity index (χ3n) is 7.92. The van der Waals surface area contributed by atoms with E-state index in [9.17, 15) is 9.90 Å². The Kier molecular flexibility index (Phi) is 5.67. The van der Waals surface area contributed by atoms with Crippen molar-refractivity contribution in [1.29, 1.82) is 0 Å². The summed E-state index contributed by atoms with van der Waals surface area (Å²) < 4.78 is 6.87. The van der Waals surface area contributed by atoms with Crippen LogP contribution in [0, 0.1) is 10.8 Å². The van der Waals surface area contributed by atoms with Gasteiger partial charge in [-0.25, -0.2) is 9.78 Å². The van der Waals surface area contributed by atoms with E-state index in [-0.39, 0.29) is 5.75 Å². The molecule has 3 atom stereocenters. The molecule has 1 N–H and O–H groups in total. The molecule has 1 saturated carbocycles. The van der Waals surface area contributed by atoms with Gasteiger partial charge in [0.05, 0.1) is 23.8 Å². The third kappa shape index (κ3) is 4.31. The fourth-order valence-corrected chi connectivity index (χ4v) is 7.97. The number of halogens is 1. The Morgan fingerprint density at radius 2 is 1.94 bits per heavy atom. The lowest BCUT2D eigenvalue weighted by Gasteiger charge is -2.37. The number of benzene rings is 2. The van der Waals surface area contributed by atoms with Crippen LogP contribution in [-0.4, -0.2) is 17.6 Å². The number of thiazole rings is 1. The molecule has 4 aromatic rings. The van der Waals surface area contributed by atoms with Gasteiger partial charge in [-0.3, -0.25) is 0 Å². The van der Waals surface area contributed by atoms with Crippen LogP contribution in [0.15, 0.2) is 61.5 Å². The number of rotatable bonds is 4. The molecule has 7 heteroatoms. The van der Waals surface area contributed by atoms with Gasteiger partial charge >= 0.3 is 5.63 Å². The molecule has 1 aliphatic heterocycles. The lowest BCUT2D eigenvalue weighted by atomic mass is 9.65. The molecule has 2 aromatic heterocycles. The predicted octanol–water partition coefficient (Wildman–Crippen LogP) is 5.40. The zero-order valence-corrected chi connectivity index (χ0v) is 23.1. The van der Waals surface area contributed by atoms with Crippen LogP contribution in [0.4, 0.5) is 0 Å². The zero-order valence-electron chi connectivity index (χ0n) is 20.7. The van der Waals surface area contributed by atoms with E-state index >= 15 is 0 Å². The monoisotopic (exact) mass is 564 g/mol. The van der Waals surface area contributed by atoms with E-state index < -0.39 is 5.63 Å². The number of nitrogens with one attached hydrogen (secondary N) is 1. The van der Waals surface area contributed by atoms with Gasteiger partial charge in [0, 0.05) is 44.6 Å². The van der Waals surface area contributed by atoms with Crippen molar-refractivity contribution in [3.05, 3.63) is 68.3 Å². The average molecular weight is 566 g/mol. The Morgan fingerprint density at radius 1 is 1.17 bits per heavy atom. The number of quaternary nitrogens is 1. The molecular formula is C29H29BrN2O3S. The minimum atomic E-state index is -0.450. The Balaban J connectivity index is 1.35. The van der Waals surface area contributed by atoms with E-state index in [1.807, 2.05) is 35.7 Å². The SMILES string of the molecule is CC1(C)CC2CC(C)(C[NH+]2Cc2c([O-])ccc3cc(-c4nc(-c5ccc(Br)cc5)cs4)c(=O)oc23)C1. The number of fused-ring (bicyclic) bond motifs is 3. The van der Waals surface area contributed by atoms with Gasteiger partial charge in [0.2, 0.25) is 0 Å². The Bertz CT molecular complexity index is 1520. The predicted molar refractivity (Wildman–Crippen MR) is 145 cm³/mol. The maximum atomic E-state index is 13.1. The smallest absolute Gasteiger partial charge is 0.346 e. The number of hydrogen-bond donors (Lipinski definition) is 1. The van der Waals surface area contributed by atoms with E-state index in [1.54, 1.807) is 12.1 Å². The molecule has 0 spiro atoms. The first-order valence-corrected chi connectivity index (χ1v) is 14.1. The highest BCUT2D eigenvalue weighted by Gasteiger charge is 2.52. The highest BCUT2D eigenvalue weighted by atomic mass is 79.9. The van der Waals surface area contributed by atoms with E-state index in [0.717, 1.165) is 34.1 Å². The van der Waals surface area contributed by atoms with Crippen molar-refractivity contribution in [3.63, 3.8) is 0 Å². The lowest BCUT2D eigenvalue weighted by Crippen LogP contribution is -3.12. The zero-order chi connectivity index (χ0) is 25.2. The largest absolute Gasteiger partial charge is 0.872 e. The van der Waals surface area contributed by atoms with Gasteiger partial charge < -0.3 is 14.4 Å². The first-order valence-electron chi connectivity index (χ1n) is 12.4. The van der Waals surface area contributed by atoms with Crippen LogP contribution in [0.25, 0.3) is 32.8 Å². The number of likely N-dealkylation sites (tertiary alicyclic amines) is 1. The summed E-state index contributed by atoms with van der Waals surface area (Å²) in [6, 6.07) is 13.7. The van der Waals surface area contributed by atoms with Gasteiger partial charge in [-0.2, -0.15) is 0 Å². The van der Waals surface area contributed by atoms with Crippen molar-refractivity contribution in [2.24, 2.45) is 10.8 Å². The van der Waals surface area contributed by atoms with E-state index in [0.29, 0.717) is 45.1 Å². The quantitative estimate of drug-likeness (QED) is 0.337. The Morgan fingerprint density at radius 3 is 2.72 bits per heavy atom. The molecule has 2 bridgehead atoms. The van der Waals surface area contributed by atoms with Gasteiger partial charge in [-0.05, 0) is 30.0 Å². The second-order valence-electron chi connectivity index (χ2n) is 11.7. The normalized spacial score (nSPS) is 24.9. The summed E-state index contributed by atoms with van der Waals surface area (Å²) in [6.45, 7) is 8.76. The minimum Gasteiger partial charge on any atom is -0.872 e. The molecule has 3 heterocycles. The van der Waals surface area contributed by atoms with Crippen molar-refractivity contribution in [2.75, 3.05) is 6.54 Å². The van der Waals surface area contributed by atoms with Crippen molar-refractivity contribution in [2.45, 2.75) is 52.6 Å². The topological polar surface area (TPSA) is 70.6 Å². The van der Waals surface area contributed by atoms with Crippen LogP contribution in [-0.2, 0) is 6.54 Å². The maximum absolute atomic E-state index is 13.1. The first kappa shape index (κ1) is 23.9. The number of nitrogens with zero attached hydrogens (tertiary/aromatic N) is 1. The molecule has 186 valence electrons. The Labute approximate surface area is 222 Å². The molecule has 5 nitrogen and oxygen atoms in total. The van der Waals surface area contributed by atoms with Crippen LogP contribution >= 0.6 is 27.3 Å². The fourth-order valence-electron chi connectivity index (χ4n) is 6.87. The highest BCUT2D eigenvalue weighted by Crippen LogP contribution is 2.47. The van der Waals surface area contributed by atoms with Crippen molar-refractivity contribution in [3.8, 4) is 27.6 Å². The van der Waals surface area contributed by atoms with Crippen LogP contribution in [0.1, 0.15) is 45.6 Å².